The number of halogens is 5. The van der Waals surface area contributed by atoms with Crippen molar-refractivity contribution < 1.29 is 0 Å². The Morgan fingerprint density at radius 2 is 0.650 bits per heavy atom. The van der Waals surface area contributed by atoms with E-state index in [4.69, 9.17) is 0 Å². The third-order valence-corrected chi connectivity index (χ3v) is 156. The van der Waals surface area contributed by atoms with Crippen LogP contribution in [0, 0.1) is 0 Å². The fourth-order valence-corrected chi connectivity index (χ4v) is 173. The summed E-state index contributed by atoms with van der Waals surface area (Å²) in [6, 6.07) is 0. The largest absolute Gasteiger partial charge is 0.198 e. The first-order valence-electron chi connectivity index (χ1n) is 6.69. The van der Waals surface area contributed by atoms with Crippen LogP contribution in [0.5, 0.6) is 0 Å². The van der Waals surface area contributed by atoms with Crippen LogP contribution in [0.2, 0.25) is 15.1 Å². The third kappa shape index (κ3) is 4.16. The van der Waals surface area contributed by atoms with Crippen LogP contribution in [0.15, 0.2) is 0 Å². The van der Waals surface area contributed by atoms with Crippen molar-refractivity contribution in [3.8, 4) is 0 Å². The van der Waals surface area contributed by atoms with Crippen molar-refractivity contribution in [2.75, 3.05) is 0 Å². The molecule has 0 aromatic heterocycles. The first-order chi connectivity index (χ1) is 8.25. The summed E-state index contributed by atoms with van der Waals surface area (Å²) in [6.07, 6.45) is 0. The van der Waals surface area contributed by atoms with Gasteiger partial charge in [0.1, 0.15) is 0 Å². The van der Waals surface area contributed by atoms with Gasteiger partial charge in [-0.25, -0.2) is 0 Å². The van der Waals surface area contributed by atoms with Crippen molar-refractivity contribution in [1.82, 2.24) is 0 Å². The Kier molecular flexibility index (Phi) is 8.67. The van der Waals surface area contributed by atoms with Crippen LogP contribution < -0.4 is 0 Å². The first-order valence-corrected chi connectivity index (χ1v) is 30.3. The Hall–Kier alpha value is 4.30. The second-order valence-corrected chi connectivity index (χ2v) is 82.1. The van der Waals surface area contributed by atoms with Gasteiger partial charge in [-0.15, -0.1) is 109 Å². The fourth-order valence-electron chi connectivity index (χ4n) is 2.17. The van der Waals surface area contributed by atoms with Crippen LogP contribution in [0.4, 0.5) is 0 Å². The van der Waals surface area contributed by atoms with Crippen LogP contribution in [-0.2, 0) is 0 Å². The summed E-state index contributed by atoms with van der Waals surface area (Å²) in [4.78, 5) is 0. The Labute approximate surface area is 192 Å². The Balaban J connectivity index is 6.50. The molecule has 0 rings (SSSR count). The van der Waals surface area contributed by atoms with Gasteiger partial charge in [0.2, 0.25) is 0 Å². The lowest BCUT2D eigenvalue weighted by molar-refractivity contribution is 0.724. The van der Waals surface area contributed by atoms with E-state index in [-0.39, 0.29) is 0 Å². The maximum atomic E-state index is 3.05. The van der Waals surface area contributed by atoms with Crippen molar-refractivity contribution in [2.45, 2.75) is 77.4 Å². The molecule has 0 aromatic rings. The smallest absolute Gasteiger partial charge is 0.121 e. The molecule has 0 fully saturated rings. The van der Waals surface area contributed by atoms with Crippen LogP contribution in [0.3, 0.4) is 0 Å². The van der Waals surface area contributed by atoms with Crippen molar-refractivity contribution in [1.29, 1.82) is 0 Å². The second kappa shape index (κ2) is 7.13. The lowest BCUT2D eigenvalue weighted by Gasteiger charge is -2.58. The molecule has 0 radical (unpaired) electrons. The highest BCUT2D eigenvalue weighted by Crippen LogP contribution is 2.69. The maximum absolute atomic E-state index is 3.05. The van der Waals surface area contributed by atoms with E-state index in [2.05, 4.69) is 171 Å². The lowest BCUT2D eigenvalue weighted by atomic mass is 10.2. The van der Waals surface area contributed by atoms with Gasteiger partial charge < -0.3 is 0 Å². The summed E-state index contributed by atoms with van der Waals surface area (Å²) in [5, 5.41) is 1.36. The van der Waals surface area contributed by atoms with Crippen LogP contribution >= 0.6 is 109 Å². The highest BCUT2D eigenvalue weighted by atomic mass is 127. The molecule has 8 heteroatoms. The average Bonchev–Trinajstić information content (AvgIpc) is 2.10. The van der Waals surface area contributed by atoms with E-state index < -0.39 is 9.77 Å². The molecular weight excluding hydrogens is 863 g/mol. The van der Waals surface area contributed by atoms with E-state index in [9.17, 15) is 0 Å². The van der Waals surface area contributed by atoms with Gasteiger partial charge in [0.15, 0.2) is 9.77 Å². The minimum atomic E-state index is -1.48. The van der Waals surface area contributed by atoms with Crippen molar-refractivity contribution in [3.63, 3.8) is 0 Å². The fraction of sp³-hybridized carbons (Fsp3) is 1.00. The molecule has 0 amide bonds. The normalized spacial score (nSPS) is 16.5. The van der Waals surface area contributed by atoms with Gasteiger partial charge in [0.05, 0.1) is 0 Å². The zero-order valence-corrected chi connectivity index (χ0v) is 27.7. The van der Waals surface area contributed by atoms with Crippen LogP contribution in [0.25, 0.3) is 0 Å². The SMILES string of the molecule is CC(C)(C)[Si](I)(I)[Si](I)(C(C)(C)C)[Si](I)(I)C(C)(C)C. The zero-order valence-electron chi connectivity index (χ0n) is 13.9. The number of rotatable bonds is 2. The average molecular weight is 890 g/mol. The molecule has 0 aliphatic rings. The van der Waals surface area contributed by atoms with E-state index >= 15 is 0 Å². The maximum Gasteiger partial charge on any atom is 0.198 e. The van der Waals surface area contributed by atoms with E-state index in [1.54, 1.807) is 0 Å². The predicted molar refractivity (Wildman–Crippen MR) is 147 cm³/mol. The summed E-state index contributed by atoms with van der Waals surface area (Å²) in [6.45, 7) is 22.5. The van der Waals surface area contributed by atoms with E-state index in [0.717, 1.165) is 0 Å². The van der Waals surface area contributed by atoms with Gasteiger partial charge >= 0.3 is 0 Å². The highest BCUT2D eigenvalue weighted by Gasteiger charge is 2.74. The Bertz CT molecular complexity index is 335. The van der Waals surface area contributed by atoms with Gasteiger partial charge in [0, 0.05) is 0 Å². The van der Waals surface area contributed by atoms with Crippen molar-refractivity contribution in [3.05, 3.63) is 0 Å². The van der Waals surface area contributed by atoms with Crippen molar-refractivity contribution in [2.24, 2.45) is 0 Å². The summed E-state index contributed by atoms with van der Waals surface area (Å²) in [5.74, 6) is 0. The minimum Gasteiger partial charge on any atom is -0.121 e. The topological polar surface area (TPSA) is 0 Å². The molecule has 0 unspecified atom stereocenters. The first kappa shape index (κ1) is 24.3. The summed E-state index contributed by atoms with van der Waals surface area (Å²) >= 11 is 14.9. The molecule has 0 bridgehead atoms. The zero-order chi connectivity index (χ0) is 17.0. The molecule has 0 saturated carbocycles. The standard InChI is InChI=1S/C12H27I5Si3/c1-10(2,3)18(13,14)20(17,12(7,8)9)19(15,16)11(4,5)6/h1-9H3. The van der Waals surface area contributed by atoms with E-state index in [1.807, 2.05) is 0 Å². The molecule has 0 N–H and O–H groups in total. The minimum absolute atomic E-state index is 0.453. The molecule has 0 saturated heterocycles. The van der Waals surface area contributed by atoms with Gasteiger partial charge in [0.25, 0.3) is 0 Å². The van der Waals surface area contributed by atoms with Gasteiger partial charge in [-0.1, -0.05) is 62.3 Å². The Morgan fingerprint density at radius 1 is 0.450 bits per heavy atom. The molecule has 0 aliphatic heterocycles. The monoisotopic (exact) mass is 890 g/mol. The molecule has 0 aromatic carbocycles. The number of hydrogen-bond donors (Lipinski definition) is 0. The molecule has 0 nitrogen and oxygen atoms in total. The molecule has 122 valence electrons. The van der Waals surface area contributed by atoms with E-state index in [1.165, 1.54) is 0 Å². The quantitative estimate of drug-likeness (QED) is 0.148. The Morgan fingerprint density at radius 3 is 0.750 bits per heavy atom. The van der Waals surface area contributed by atoms with Gasteiger partial charge in [-0.3, -0.25) is 0 Å². The van der Waals surface area contributed by atoms with Gasteiger partial charge in [-0.2, -0.15) is 0 Å². The van der Waals surface area contributed by atoms with Crippen LogP contribution in [-0.4, -0.2) is 9.77 Å². The van der Waals surface area contributed by atoms with Crippen molar-refractivity contribution >= 4 is 119 Å². The molecule has 0 aliphatic carbocycles. The second-order valence-electron chi connectivity index (χ2n) is 8.56. The van der Waals surface area contributed by atoms with E-state index in [0.29, 0.717) is 15.1 Å². The van der Waals surface area contributed by atoms with Gasteiger partial charge in [-0.05, 0) is 15.1 Å². The summed E-state index contributed by atoms with van der Waals surface area (Å²) in [5.41, 5.74) is 0. The molecule has 0 atom stereocenters. The molecule has 0 heterocycles. The van der Waals surface area contributed by atoms with Crippen LogP contribution in [0.1, 0.15) is 62.3 Å². The predicted octanol–water partition coefficient (Wildman–Crippen LogP) is 8.55. The highest BCUT2D eigenvalue weighted by molar-refractivity contribution is 14.3. The summed E-state index contributed by atoms with van der Waals surface area (Å²) < 4.78 is -4.34. The lowest BCUT2D eigenvalue weighted by Crippen LogP contribution is -2.74. The number of hydrogen-bond acceptors (Lipinski definition) is 0. The molecule has 20 heavy (non-hydrogen) atoms. The summed E-state index contributed by atoms with van der Waals surface area (Å²) in [7, 11) is 0. The molecular formula is C12H27I5Si3. The third-order valence-electron chi connectivity index (χ3n) is 3.78. The molecule has 0 spiro atoms.